The first kappa shape index (κ1) is 13.0. The monoisotopic (exact) mass is 258 g/mol. The van der Waals surface area contributed by atoms with Gasteiger partial charge in [0.05, 0.1) is 0 Å². The second-order valence-corrected chi connectivity index (χ2v) is 4.88. The Kier molecular flexibility index (Phi) is 4.32. The molecule has 0 unspecified atom stereocenters. The van der Waals surface area contributed by atoms with E-state index in [1.165, 1.54) is 5.56 Å². The fourth-order valence-electron chi connectivity index (χ4n) is 2.08. The fourth-order valence-corrected chi connectivity index (χ4v) is 2.51. The summed E-state index contributed by atoms with van der Waals surface area (Å²) >= 11 is 4.61. The first-order valence-corrected chi connectivity index (χ1v) is 6.78. The van der Waals surface area contributed by atoms with Gasteiger partial charge in [-0.3, -0.25) is 0 Å². The molecule has 2 rings (SSSR count). The lowest BCUT2D eigenvalue weighted by Gasteiger charge is -2.12. The molecule has 0 fully saturated rings. The third-order valence-electron chi connectivity index (χ3n) is 3.10. The first-order chi connectivity index (χ1) is 8.74. The predicted octanol–water partition coefficient (Wildman–Crippen LogP) is 4.69. The molecule has 18 heavy (non-hydrogen) atoms. The van der Waals surface area contributed by atoms with Crippen LogP contribution in [0.1, 0.15) is 25.3 Å². The highest BCUT2D eigenvalue weighted by atomic mass is 32.1. The van der Waals surface area contributed by atoms with E-state index in [9.17, 15) is 5.11 Å². The number of phenols is 1. The summed E-state index contributed by atoms with van der Waals surface area (Å²) in [5.74, 6) is 0.298. The SMILES string of the molecule is CCCCc1ccc(O)c(-c2ccccc2)c1S. The minimum Gasteiger partial charge on any atom is -0.507 e. The number of hydrogen-bond donors (Lipinski definition) is 2. The van der Waals surface area contributed by atoms with E-state index in [1.54, 1.807) is 6.07 Å². The van der Waals surface area contributed by atoms with Crippen molar-refractivity contribution in [2.45, 2.75) is 31.1 Å². The summed E-state index contributed by atoms with van der Waals surface area (Å²) in [7, 11) is 0. The van der Waals surface area contributed by atoms with E-state index in [2.05, 4.69) is 19.6 Å². The van der Waals surface area contributed by atoms with E-state index < -0.39 is 0 Å². The molecule has 1 nitrogen and oxygen atoms in total. The summed E-state index contributed by atoms with van der Waals surface area (Å²) in [5, 5.41) is 10.0. The molecule has 0 saturated heterocycles. The van der Waals surface area contributed by atoms with Crippen LogP contribution in [0.3, 0.4) is 0 Å². The van der Waals surface area contributed by atoms with Crippen LogP contribution in [0.4, 0.5) is 0 Å². The quantitative estimate of drug-likeness (QED) is 0.762. The number of unbranched alkanes of at least 4 members (excludes halogenated alkanes) is 1. The number of benzene rings is 2. The largest absolute Gasteiger partial charge is 0.507 e. The molecule has 0 aliphatic heterocycles. The van der Waals surface area contributed by atoms with Gasteiger partial charge in [-0.15, -0.1) is 12.6 Å². The molecule has 1 N–H and O–H groups in total. The van der Waals surface area contributed by atoms with E-state index in [0.717, 1.165) is 35.3 Å². The zero-order valence-electron chi connectivity index (χ0n) is 10.6. The van der Waals surface area contributed by atoms with Gasteiger partial charge in [0.25, 0.3) is 0 Å². The summed E-state index contributed by atoms with van der Waals surface area (Å²) in [5.41, 5.74) is 3.06. The third kappa shape index (κ3) is 2.70. The summed E-state index contributed by atoms with van der Waals surface area (Å²) in [6.07, 6.45) is 3.32. The van der Waals surface area contributed by atoms with Gasteiger partial charge in [0.1, 0.15) is 5.75 Å². The summed E-state index contributed by atoms with van der Waals surface area (Å²) in [4.78, 5) is 0.898. The van der Waals surface area contributed by atoms with Crippen molar-refractivity contribution >= 4 is 12.6 Å². The van der Waals surface area contributed by atoms with E-state index in [4.69, 9.17) is 0 Å². The second kappa shape index (κ2) is 5.96. The van der Waals surface area contributed by atoms with Crippen LogP contribution in [0.15, 0.2) is 47.4 Å². The van der Waals surface area contributed by atoms with Crippen molar-refractivity contribution in [1.82, 2.24) is 0 Å². The predicted molar refractivity (Wildman–Crippen MR) is 79.4 cm³/mol. The van der Waals surface area contributed by atoms with Crippen molar-refractivity contribution in [2.24, 2.45) is 0 Å². The van der Waals surface area contributed by atoms with Crippen molar-refractivity contribution in [2.75, 3.05) is 0 Å². The smallest absolute Gasteiger partial charge is 0.124 e. The molecule has 2 heteroatoms. The Morgan fingerprint density at radius 2 is 1.78 bits per heavy atom. The van der Waals surface area contributed by atoms with E-state index >= 15 is 0 Å². The van der Waals surface area contributed by atoms with Crippen LogP contribution in [0.2, 0.25) is 0 Å². The number of aromatic hydroxyl groups is 1. The molecule has 0 saturated carbocycles. The number of hydrogen-bond acceptors (Lipinski definition) is 2. The lowest BCUT2D eigenvalue weighted by atomic mass is 9.99. The second-order valence-electron chi connectivity index (χ2n) is 4.44. The highest BCUT2D eigenvalue weighted by molar-refractivity contribution is 7.80. The van der Waals surface area contributed by atoms with Crippen LogP contribution in [-0.2, 0) is 6.42 Å². The Hall–Kier alpha value is -1.41. The van der Waals surface area contributed by atoms with Gasteiger partial charge in [-0.25, -0.2) is 0 Å². The topological polar surface area (TPSA) is 20.2 Å². The molecule has 2 aromatic carbocycles. The molecule has 94 valence electrons. The molecular formula is C16H18OS. The normalized spacial score (nSPS) is 10.6. The molecule has 2 aromatic rings. The Bertz CT molecular complexity index is 520. The van der Waals surface area contributed by atoms with Gasteiger partial charge >= 0.3 is 0 Å². The lowest BCUT2D eigenvalue weighted by Crippen LogP contribution is -1.91. The lowest BCUT2D eigenvalue weighted by molar-refractivity contribution is 0.475. The van der Waals surface area contributed by atoms with Crippen LogP contribution < -0.4 is 0 Å². The molecule has 0 atom stereocenters. The van der Waals surface area contributed by atoms with Crippen molar-refractivity contribution in [1.29, 1.82) is 0 Å². The minimum absolute atomic E-state index is 0.298. The number of thiol groups is 1. The molecule has 0 aliphatic rings. The Labute approximate surface area is 114 Å². The average Bonchev–Trinajstić information content (AvgIpc) is 2.39. The van der Waals surface area contributed by atoms with Crippen molar-refractivity contribution in [3.8, 4) is 16.9 Å². The Morgan fingerprint density at radius 3 is 2.44 bits per heavy atom. The number of rotatable bonds is 4. The van der Waals surface area contributed by atoms with Crippen molar-refractivity contribution < 1.29 is 5.11 Å². The Morgan fingerprint density at radius 1 is 1.06 bits per heavy atom. The maximum Gasteiger partial charge on any atom is 0.124 e. The molecule has 0 aliphatic carbocycles. The van der Waals surface area contributed by atoms with Crippen LogP contribution in [-0.4, -0.2) is 5.11 Å². The zero-order chi connectivity index (χ0) is 13.0. The molecule has 0 amide bonds. The van der Waals surface area contributed by atoms with Crippen LogP contribution in [0.25, 0.3) is 11.1 Å². The van der Waals surface area contributed by atoms with Crippen molar-refractivity contribution in [3.05, 3.63) is 48.0 Å². The third-order valence-corrected chi connectivity index (χ3v) is 3.61. The summed E-state index contributed by atoms with van der Waals surface area (Å²) in [6.45, 7) is 2.18. The van der Waals surface area contributed by atoms with Gasteiger partial charge in [0, 0.05) is 10.5 Å². The van der Waals surface area contributed by atoms with Crippen LogP contribution in [0.5, 0.6) is 5.75 Å². The highest BCUT2D eigenvalue weighted by Gasteiger charge is 2.11. The van der Waals surface area contributed by atoms with E-state index in [-0.39, 0.29) is 0 Å². The Balaban J connectivity index is 2.46. The fraction of sp³-hybridized carbons (Fsp3) is 0.250. The van der Waals surface area contributed by atoms with Gasteiger partial charge in [-0.1, -0.05) is 49.7 Å². The maximum atomic E-state index is 10.0. The van der Waals surface area contributed by atoms with Crippen LogP contribution in [0, 0.1) is 0 Å². The number of phenolic OH excluding ortho intramolecular Hbond substituents is 1. The van der Waals surface area contributed by atoms with Gasteiger partial charge in [-0.2, -0.15) is 0 Å². The number of aryl methyl sites for hydroxylation is 1. The molecule has 0 bridgehead atoms. The minimum atomic E-state index is 0.298. The van der Waals surface area contributed by atoms with Crippen LogP contribution >= 0.6 is 12.6 Å². The maximum absolute atomic E-state index is 10.0. The highest BCUT2D eigenvalue weighted by Crippen LogP contribution is 2.37. The molecule has 0 spiro atoms. The summed E-state index contributed by atoms with van der Waals surface area (Å²) in [6, 6.07) is 13.7. The summed E-state index contributed by atoms with van der Waals surface area (Å²) < 4.78 is 0. The zero-order valence-corrected chi connectivity index (χ0v) is 11.5. The molecule has 0 aromatic heterocycles. The molecule has 0 heterocycles. The molecular weight excluding hydrogens is 240 g/mol. The first-order valence-electron chi connectivity index (χ1n) is 6.33. The molecule has 0 radical (unpaired) electrons. The van der Waals surface area contributed by atoms with E-state index in [1.807, 2.05) is 36.4 Å². The van der Waals surface area contributed by atoms with Gasteiger partial charge < -0.3 is 5.11 Å². The van der Waals surface area contributed by atoms with Gasteiger partial charge in [0.2, 0.25) is 0 Å². The average molecular weight is 258 g/mol. The van der Waals surface area contributed by atoms with E-state index in [0.29, 0.717) is 5.75 Å². The van der Waals surface area contributed by atoms with Gasteiger partial charge in [0.15, 0.2) is 0 Å². The van der Waals surface area contributed by atoms with Crippen molar-refractivity contribution in [3.63, 3.8) is 0 Å². The van der Waals surface area contributed by atoms with Gasteiger partial charge in [-0.05, 0) is 30.0 Å². The standard InChI is InChI=1S/C16H18OS/c1-2-3-7-13-10-11-14(17)15(16(13)18)12-8-5-4-6-9-12/h4-6,8-11,17-18H,2-3,7H2,1H3.